The Morgan fingerprint density at radius 1 is 1.23 bits per heavy atom. The molecule has 0 spiro atoms. The van der Waals surface area contributed by atoms with Crippen LogP contribution >= 0.6 is 11.6 Å². The minimum Gasteiger partial charge on any atom is -0.871 e. The largest absolute Gasteiger partial charge is 0.871 e. The zero-order chi connectivity index (χ0) is 21.7. The molecule has 0 aliphatic heterocycles. The van der Waals surface area contributed by atoms with Crippen LogP contribution in [-0.2, 0) is 28.9 Å². The van der Waals surface area contributed by atoms with Crippen molar-refractivity contribution in [3.63, 3.8) is 0 Å². The zero-order valence-electron chi connectivity index (χ0n) is 17.0. The highest BCUT2D eigenvalue weighted by Gasteiger charge is 2.19. The molecule has 0 bridgehead atoms. The van der Waals surface area contributed by atoms with Crippen LogP contribution in [0.1, 0.15) is 28.7 Å². The Balaban J connectivity index is 1.82. The average molecular weight is 430 g/mol. The molecule has 0 saturated carbocycles. The third-order valence-corrected chi connectivity index (χ3v) is 5.47. The van der Waals surface area contributed by atoms with Crippen molar-refractivity contribution < 1.29 is 24.4 Å². The Morgan fingerprint density at radius 2 is 1.97 bits per heavy atom. The molecule has 0 aliphatic carbocycles. The highest BCUT2D eigenvalue weighted by molar-refractivity contribution is 6.33. The molecule has 0 amide bonds. The summed E-state index contributed by atoms with van der Waals surface area (Å²) in [6.07, 6.45) is 1.70. The summed E-state index contributed by atoms with van der Waals surface area (Å²) in [6.45, 7) is 2.88. The maximum absolute atomic E-state index is 12.6. The summed E-state index contributed by atoms with van der Waals surface area (Å²) in [7, 11) is 1.26. The van der Waals surface area contributed by atoms with Gasteiger partial charge in [0.25, 0.3) is 0 Å². The van der Waals surface area contributed by atoms with Crippen molar-refractivity contribution in [1.29, 1.82) is 0 Å². The number of ether oxygens (including phenoxy) is 1. The molecule has 2 aromatic carbocycles. The molecular weight excluding hydrogens is 406 g/mol. The third kappa shape index (κ3) is 4.83. The minimum atomic E-state index is -0.641. The van der Waals surface area contributed by atoms with E-state index in [0.717, 1.165) is 19.4 Å². The summed E-state index contributed by atoms with van der Waals surface area (Å²) in [5, 5.41) is 15.2. The average Bonchev–Trinajstić information content (AvgIpc) is 2.75. The summed E-state index contributed by atoms with van der Waals surface area (Å²) in [4.78, 5) is 24.1. The first-order chi connectivity index (χ1) is 14.4. The lowest BCUT2D eigenvalue weighted by atomic mass is 10.0. The molecule has 3 aromatic rings. The number of fused-ring (bicyclic) bond motifs is 1. The fraction of sp³-hybridized carbons (Fsp3) is 0.304. The van der Waals surface area contributed by atoms with Gasteiger partial charge in [0.2, 0.25) is 0 Å². The van der Waals surface area contributed by atoms with Gasteiger partial charge < -0.3 is 19.6 Å². The van der Waals surface area contributed by atoms with E-state index in [1.807, 2.05) is 23.5 Å². The van der Waals surface area contributed by atoms with Crippen molar-refractivity contribution in [3.05, 3.63) is 74.1 Å². The first-order valence-corrected chi connectivity index (χ1v) is 10.2. The molecule has 0 fully saturated rings. The van der Waals surface area contributed by atoms with Crippen LogP contribution in [0, 0.1) is 6.92 Å². The molecular formula is C23H24ClNO5. The molecule has 0 saturated heterocycles. The maximum atomic E-state index is 12.6. The van der Waals surface area contributed by atoms with Crippen molar-refractivity contribution in [3.8, 4) is 5.75 Å². The summed E-state index contributed by atoms with van der Waals surface area (Å²) in [6, 6.07) is 11.7. The molecule has 6 nitrogen and oxygen atoms in total. The number of nitrogens with two attached hydrogens (primary N) is 1. The summed E-state index contributed by atoms with van der Waals surface area (Å²) in [5.74, 6) is -0.880. The number of carbonyl (C=O) groups is 1. The van der Waals surface area contributed by atoms with Gasteiger partial charge in [0.15, 0.2) is 0 Å². The molecule has 0 radical (unpaired) electrons. The molecule has 0 aliphatic rings. The number of carbonyl (C=O) groups excluding carboxylic acids is 1. The van der Waals surface area contributed by atoms with Gasteiger partial charge in [-0.25, -0.2) is 4.79 Å². The van der Waals surface area contributed by atoms with Gasteiger partial charge in [0.1, 0.15) is 12.1 Å². The second-order valence-corrected chi connectivity index (χ2v) is 7.57. The summed E-state index contributed by atoms with van der Waals surface area (Å²) < 4.78 is 10.1. The van der Waals surface area contributed by atoms with Crippen LogP contribution in [0.3, 0.4) is 0 Å². The normalized spacial score (nSPS) is 11.0. The molecule has 1 aromatic heterocycles. The van der Waals surface area contributed by atoms with Gasteiger partial charge >= 0.3 is 11.6 Å². The van der Waals surface area contributed by atoms with Crippen LogP contribution in [0.2, 0.25) is 5.02 Å². The van der Waals surface area contributed by atoms with Gasteiger partial charge in [0, 0.05) is 22.4 Å². The number of methoxy groups -OCH3 is 1. The molecule has 158 valence electrons. The first kappa shape index (κ1) is 21.9. The van der Waals surface area contributed by atoms with E-state index in [-0.39, 0.29) is 28.3 Å². The predicted molar refractivity (Wildman–Crippen MR) is 113 cm³/mol. The standard InChI is InChI=1S/C23H24ClNO5/c1-14-16-11-19(24)21(27)18(13-25-10-6-9-15-7-4-3-5-8-15)22(16)30-23(28)17(14)12-20(26)29-2/h3-5,7-8,11,25,27H,6,9-10,12-13H2,1-2H3. The highest BCUT2D eigenvalue weighted by Crippen LogP contribution is 2.33. The lowest BCUT2D eigenvalue weighted by molar-refractivity contribution is -0.671. The molecule has 3 rings (SSSR count). The lowest BCUT2D eigenvalue weighted by Gasteiger charge is -2.18. The van der Waals surface area contributed by atoms with Gasteiger partial charge in [-0.1, -0.05) is 47.7 Å². The lowest BCUT2D eigenvalue weighted by Crippen LogP contribution is -2.82. The van der Waals surface area contributed by atoms with E-state index < -0.39 is 11.6 Å². The Morgan fingerprint density at radius 3 is 2.67 bits per heavy atom. The van der Waals surface area contributed by atoms with Gasteiger partial charge in [0.05, 0.1) is 25.6 Å². The third-order valence-electron chi connectivity index (χ3n) is 5.19. The highest BCUT2D eigenvalue weighted by atomic mass is 35.5. The zero-order valence-corrected chi connectivity index (χ0v) is 17.8. The van der Waals surface area contributed by atoms with Crippen LogP contribution in [-0.4, -0.2) is 19.6 Å². The number of benzene rings is 2. The number of halogens is 1. The minimum absolute atomic E-state index is 0.0659. The van der Waals surface area contributed by atoms with Crippen molar-refractivity contribution in [1.82, 2.24) is 0 Å². The van der Waals surface area contributed by atoms with Gasteiger partial charge in [-0.2, -0.15) is 0 Å². The van der Waals surface area contributed by atoms with Gasteiger partial charge in [-0.3, -0.25) is 4.79 Å². The van der Waals surface area contributed by atoms with Crippen molar-refractivity contribution in [2.75, 3.05) is 13.7 Å². The quantitative estimate of drug-likeness (QED) is 0.336. The summed E-state index contributed by atoms with van der Waals surface area (Å²) in [5.41, 5.74) is 2.00. The number of esters is 1. The molecule has 0 unspecified atom stereocenters. The Labute approximate surface area is 179 Å². The Kier molecular flexibility index (Phi) is 7.13. The number of aryl methyl sites for hydroxylation is 2. The van der Waals surface area contributed by atoms with Gasteiger partial charge in [-0.15, -0.1) is 0 Å². The Hall–Kier alpha value is -2.83. The second-order valence-electron chi connectivity index (χ2n) is 7.16. The van der Waals surface area contributed by atoms with Crippen molar-refractivity contribution >= 4 is 28.5 Å². The Bertz CT molecular complexity index is 1110. The van der Waals surface area contributed by atoms with E-state index in [9.17, 15) is 14.7 Å². The smallest absolute Gasteiger partial charge is 0.340 e. The van der Waals surface area contributed by atoms with Crippen LogP contribution in [0.15, 0.2) is 45.6 Å². The fourth-order valence-electron chi connectivity index (χ4n) is 3.48. The van der Waals surface area contributed by atoms with Crippen LogP contribution < -0.4 is 16.0 Å². The van der Waals surface area contributed by atoms with E-state index in [4.69, 9.17) is 16.0 Å². The topological polar surface area (TPSA) is 96.2 Å². The summed E-state index contributed by atoms with van der Waals surface area (Å²) >= 11 is 6.17. The van der Waals surface area contributed by atoms with E-state index in [1.165, 1.54) is 18.7 Å². The van der Waals surface area contributed by atoms with Crippen LogP contribution in [0.25, 0.3) is 11.0 Å². The monoisotopic (exact) mass is 429 g/mol. The van der Waals surface area contributed by atoms with E-state index in [2.05, 4.69) is 16.9 Å². The fourth-order valence-corrected chi connectivity index (χ4v) is 3.70. The van der Waals surface area contributed by atoms with Gasteiger partial charge in [-0.05, 0) is 30.5 Å². The maximum Gasteiger partial charge on any atom is 0.340 e. The van der Waals surface area contributed by atoms with Crippen LogP contribution in [0.5, 0.6) is 5.75 Å². The van der Waals surface area contributed by atoms with Crippen molar-refractivity contribution in [2.45, 2.75) is 32.7 Å². The SMILES string of the molecule is COC(=O)Cc1c(C)c2cc(Cl)c([O-])c(C[NH2+]CCCc3ccccc3)c2oc1=O. The van der Waals surface area contributed by atoms with Crippen molar-refractivity contribution in [2.24, 2.45) is 0 Å². The van der Waals surface area contributed by atoms with Crippen LogP contribution in [0.4, 0.5) is 0 Å². The second kappa shape index (κ2) is 9.78. The van der Waals surface area contributed by atoms with E-state index >= 15 is 0 Å². The number of hydrogen-bond donors (Lipinski definition) is 1. The molecule has 30 heavy (non-hydrogen) atoms. The molecule has 0 atom stereocenters. The van der Waals surface area contributed by atoms with E-state index in [0.29, 0.717) is 23.1 Å². The first-order valence-electron chi connectivity index (χ1n) is 9.79. The predicted octanol–water partition coefficient (Wildman–Crippen LogP) is 2.24. The number of hydrogen-bond acceptors (Lipinski definition) is 5. The molecule has 2 N–H and O–H groups in total. The molecule has 1 heterocycles. The molecule has 7 heteroatoms. The number of rotatable bonds is 8. The number of quaternary nitrogens is 1. The van der Waals surface area contributed by atoms with E-state index in [1.54, 1.807) is 6.92 Å².